The molecule has 0 saturated carbocycles. The molecule has 0 aliphatic heterocycles. The predicted octanol–water partition coefficient (Wildman–Crippen LogP) is 1.78. The first-order valence-corrected chi connectivity index (χ1v) is 3.93. The third kappa shape index (κ3) is 7.63. The molecular weight excluding hydrogens is 128 g/mol. The fourth-order valence-electron chi connectivity index (χ4n) is 0.762. The Morgan fingerprint density at radius 2 is 2.10 bits per heavy atom. The van der Waals surface area contributed by atoms with Gasteiger partial charge in [-0.25, -0.2) is 0 Å². The molecule has 0 amide bonds. The first-order chi connectivity index (χ1) is 4.91. The van der Waals surface area contributed by atoms with Crippen LogP contribution in [0.3, 0.4) is 0 Å². The molecule has 2 heteroatoms. The van der Waals surface area contributed by atoms with Crippen molar-refractivity contribution in [2.24, 2.45) is 0 Å². The lowest BCUT2D eigenvalue weighted by Gasteiger charge is -1.97. The maximum atomic E-state index is 9.77. The zero-order valence-electron chi connectivity index (χ0n) is 6.64. The highest BCUT2D eigenvalue weighted by Crippen LogP contribution is 1.97. The number of carbonyl (C=O) groups is 1. The Labute approximate surface area is 62.6 Å². The molecule has 0 N–H and O–H groups in total. The average Bonchev–Trinajstić information content (AvgIpc) is 1.97. The first-order valence-electron chi connectivity index (χ1n) is 3.93. The van der Waals surface area contributed by atoms with Gasteiger partial charge in [-0.3, -0.25) is 0 Å². The smallest absolute Gasteiger partial charge is 0.145 e. The fraction of sp³-hybridized carbons (Fsp3) is 0.875. The lowest BCUT2D eigenvalue weighted by atomic mass is 10.2. The second kappa shape index (κ2) is 8.63. The van der Waals surface area contributed by atoms with E-state index in [1.807, 2.05) is 0 Å². The summed E-state index contributed by atoms with van der Waals surface area (Å²) in [7, 11) is 0. The summed E-state index contributed by atoms with van der Waals surface area (Å²) in [6, 6.07) is 0. The number of hydrogen-bond acceptors (Lipinski definition) is 2. The second-order valence-corrected chi connectivity index (χ2v) is 2.30. The van der Waals surface area contributed by atoms with Crippen LogP contribution in [0.5, 0.6) is 0 Å². The van der Waals surface area contributed by atoms with Crippen molar-refractivity contribution in [1.82, 2.24) is 0 Å². The van der Waals surface area contributed by atoms with Crippen LogP contribution in [0.15, 0.2) is 0 Å². The van der Waals surface area contributed by atoms with Gasteiger partial charge in [-0.1, -0.05) is 26.2 Å². The Kier molecular flexibility index (Phi) is 8.31. The third-order valence-electron chi connectivity index (χ3n) is 1.33. The van der Waals surface area contributed by atoms with Gasteiger partial charge in [0.05, 0.1) is 0 Å². The molecule has 0 heterocycles. The minimum absolute atomic E-state index is 0.256. The van der Waals surface area contributed by atoms with Gasteiger partial charge in [0, 0.05) is 6.61 Å². The van der Waals surface area contributed by atoms with Gasteiger partial charge in [0.25, 0.3) is 0 Å². The maximum Gasteiger partial charge on any atom is 0.145 e. The van der Waals surface area contributed by atoms with Gasteiger partial charge in [0.15, 0.2) is 0 Å². The van der Waals surface area contributed by atoms with Crippen molar-refractivity contribution in [3.05, 3.63) is 0 Å². The van der Waals surface area contributed by atoms with Crippen LogP contribution in [0.4, 0.5) is 0 Å². The van der Waals surface area contributed by atoms with Crippen LogP contribution in [0.2, 0.25) is 0 Å². The van der Waals surface area contributed by atoms with E-state index in [-0.39, 0.29) is 6.61 Å². The minimum atomic E-state index is 0.256. The second-order valence-electron chi connectivity index (χ2n) is 2.30. The number of unbranched alkanes of at least 4 members (excludes halogenated alkanes) is 3. The Morgan fingerprint density at radius 1 is 1.30 bits per heavy atom. The molecule has 0 bridgehead atoms. The van der Waals surface area contributed by atoms with Crippen molar-refractivity contribution in [2.75, 3.05) is 13.2 Å². The van der Waals surface area contributed by atoms with Crippen molar-refractivity contribution in [2.45, 2.75) is 32.6 Å². The molecule has 0 aromatic carbocycles. The highest BCUT2D eigenvalue weighted by Gasteiger charge is 1.86. The van der Waals surface area contributed by atoms with E-state index >= 15 is 0 Å². The van der Waals surface area contributed by atoms with Crippen LogP contribution in [0, 0.1) is 0 Å². The largest absolute Gasteiger partial charge is 0.374 e. The monoisotopic (exact) mass is 144 g/mol. The first kappa shape index (κ1) is 9.63. The van der Waals surface area contributed by atoms with E-state index in [0.717, 1.165) is 19.3 Å². The number of hydrogen-bond donors (Lipinski definition) is 0. The van der Waals surface area contributed by atoms with Crippen molar-refractivity contribution in [1.29, 1.82) is 0 Å². The number of aldehydes is 1. The van der Waals surface area contributed by atoms with E-state index in [4.69, 9.17) is 4.74 Å². The highest BCUT2D eigenvalue weighted by atomic mass is 16.5. The molecular formula is C8H16O2. The lowest BCUT2D eigenvalue weighted by molar-refractivity contribution is -0.111. The van der Waals surface area contributed by atoms with E-state index in [1.54, 1.807) is 0 Å². The summed E-state index contributed by atoms with van der Waals surface area (Å²) in [4.78, 5) is 9.77. The molecule has 0 saturated heterocycles. The minimum Gasteiger partial charge on any atom is -0.374 e. The van der Waals surface area contributed by atoms with Gasteiger partial charge in [-0.2, -0.15) is 0 Å². The van der Waals surface area contributed by atoms with Gasteiger partial charge >= 0.3 is 0 Å². The van der Waals surface area contributed by atoms with E-state index in [0.29, 0.717) is 0 Å². The Morgan fingerprint density at radius 3 is 2.70 bits per heavy atom. The van der Waals surface area contributed by atoms with Crippen LogP contribution in [-0.4, -0.2) is 19.5 Å². The van der Waals surface area contributed by atoms with Crippen LogP contribution in [0.1, 0.15) is 32.6 Å². The number of rotatable bonds is 7. The zero-order chi connectivity index (χ0) is 7.66. The number of ether oxygens (including phenoxy) is 1. The molecule has 0 spiro atoms. The Bertz CT molecular complexity index is 71.7. The molecule has 0 aromatic heterocycles. The molecule has 2 nitrogen and oxygen atoms in total. The summed E-state index contributed by atoms with van der Waals surface area (Å²) >= 11 is 0. The summed E-state index contributed by atoms with van der Waals surface area (Å²) in [6.07, 6.45) is 5.61. The number of carbonyl (C=O) groups excluding carboxylic acids is 1. The van der Waals surface area contributed by atoms with Gasteiger partial charge in [0.2, 0.25) is 0 Å². The lowest BCUT2D eigenvalue weighted by Crippen LogP contribution is -1.96. The van der Waals surface area contributed by atoms with Crippen LogP contribution in [-0.2, 0) is 9.53 Å². The molecule has 10 heavy (non-hydrogen) atoms. The summed E-state index contributed by atoms with van der Waals surface area (Å²) < 4.78 is 4.96. The molecule has 0 rings (SSSR count). The summed E-state index contributed by atoms with van der Waals surface area (Å²) in [5.41, 5.74) is 0. The standard InChI is InChI=1S/C8H16O2/c1-2-3-4-5-7-10-8-6-9/h6H,2-5,7-8H2,1H3. The predicted molar refractivity (Wildman–Crippen MR) is 41.0 cm³/mol. The average molecular weight is 144 g/mol. The van der Waals surface area contributed by atoms with Crippen molar-refractivity contribution < 1.29 is 9.53 Å². The molecule has 0 aromatic rings. The highest BCUT2D eigenvalue weighted by molar-refractivity contribution is 5.50. The van der Waals surface area contributed by atoms with Gasteiger partial charge in [0.1, 0.15) is 12.9 Å². The van der Waals surface area contributed by atoms with E-state index < -0.39 is 0 Å². The summed E-state index contributed by atoms with van der Waals surface area (Å²) in [5.74, 6) is 0. The van der Waals surface area contributed by atoms with Crippen molar-refractivity contribution in [3.63, 3.8) is 0 Å². The van der Waals surface area contributed by atoms with Crippen molar-refractivity contribution >= 4 is 6.29 Å². The molecule has 0 radical (unpaired) electrons. The molecule has 0 aliphatic carbocycles. The molecule has 0 fully saturated rings. The third-order valence-corrected chi connectivity index (χ3v) is 1.33. The molecule has 0 atom stereocenters. The maximum absolute atomic E-state index is 9.77. The normalized spacial score (nSPS) is 9.70. The van der Waals surface area contributed by atoms with E-state index in [2.05, 4.69) is 6.92 Å². The van der Waals surface area contributed by atoms with Gasteiger partial charge in [-0.15, -0.1) is 0 Å². The van der Waals surface area contributed by atoms with Crippen LogP contribution < -0.4 is 0 Å². The van der Waals surface area contributed by atoms with Crippen LogP contribution >= 0.6 is 0 Å². The van der Waals surface area contributed by atoms with Crippen LogP contribution in [0.25, 0.3) is 0 Å². The Balaban J connectivity index is 2.70. The SMILES string of the molecule is CCCCCCOCC=O. The fourth-order valence-corrected chi connectivity index (χ4v) is 0.762. The molecule has 0 unspecified atom stereocenters. The summed E-state index contributed by atoms with van der Waals surface area (Å²) in [5, 5.41) is 0. The van der Waals surface area contributed by atoms with Gasteiger partial charge in [-0.05, 0) is 6.42 Å². The van der Waals surface area contributed by atoms with E-state index in [1.165, 1.54) is 19.3 Å². The van der Waals surface area contributed by atoms with Gasteiger partial charge < -0.3 is 9.53 Å². The molecule has 0 aliphatic rings. The Hall–Kier alpha value is -0.370. The molecule has 60 valence electrons. The topological polar surface area (TPSA) is 26.3 Å². The summed E-state index contributed by atoms with van der Waals surface area (Å²) in [6.45, 7) is 3.16. The van der Waals surface area contributed by atoms with E-state index in [9.17, 15) is 4.79 Å². The van der Waals surface area contributed by atoms with Crippen molar-refractivity contribution in [3.8, 4) is 0 Å². The quantitative estimate of drug-likeness (QED) is 0.402. The zero-order valence-corrected chi connectivity index (χ0v) is 6.64.